The Bertz CT molecular complexity index is 714. The van der Waals surface area contributed by atoms with Crippen LogP contribution in [0.2, 0.25) is 0 Å². The van der Waals surface area contributed by atoms with E-state index in [-0.39, 0.29) is 0 Å². The molecule has 1 N–H and O–H groups in total. The highest BCUT2D eigenvalue weighted by Gasteiger charge is 2.28. The van der Waals surface area contributed by atoms with Crippen LogP contribution in [0.5, 0.6) is 0 Å². The Hall–Kier alpha value is -1.80. The van der Waals surface area contributed by atoms with E-state index in [1.807, 2.05) is 6.07 Å². The fourth-order valence-electron chi connectivity index (χ4n) is 2.59. The third-order valence-electron chi connectivity index (χ3n) is 3.68. The van der Waals surface area contributed by atoms with E-state index < -0.39 is 10.0 Å². The first kappa shape index (κ1) is 14.2. The zero-order valence-corrected chi connectivity index (χ0v) is 12.5. The SMILES string of the molecule is CS(=O)(=O)N1CC[C@H](Cc2cncc(-c3ccn[nH]3)n2)C1. The largest absolute Gasteiger partial charge is 0.276 e. The highest BCUT2D eigenvalue weighted by atomic mass is 32.2. The zero-order valence-electron chi connectivity index (χ0n) is 11.7. The molecule has 0 aliphatic carbocycles. The lowest BCUT2D eigenvalue weighted by Crippen LogP contribution is -2.27. The molecule has 21 heavy (non-hydrogen) atoms. The summed E-state index contributed by atoms with van der Waals surface area (Å²) in [6.45, 7) is 1.16. The predicted molar refractivity (Wildman–Crippen MR) is 77.8 cm³/mol. The molecule has 1 fully saturated rings. The molecule has 8 heteroatoms. The number of sulfonamides is 1. The van der Waals surface area contributed by atoms with E-state index in [9.17, 15) is 8.42 Å². The minimum absolute atomic E-state index is 0.297. The standard InChI is InChI=1S/C13H17N5O2S/c1-21(19,20)18-5-3-10(9-18)6-11-7-14-8-13(16-11)12-2-4-15-17-12/h2,4,7-8,10H,3,5-6,9H2,1H3,(H,15,17)/t10-/m1/s1. The fraction of sp³-hybridized carbons (Fsp3) is 0.462. The Morgan fingerprint density at radius 3 is 2.95 bits per heavy atom. The molecule has 1 aliphatic heterocycles. The zero-order chi connectivity index (χ0) is 14.9. The van der Waals surface area contributed by atoms with E-state index in [2.05, 4.69) is 20.2 Å². The van der Waals surface area contributed by atoms with E-state index in [1.165, 1.54) is 10.6 Å². The van der Waals surface area contributed by atoms with Crippen molar-refractivity contribution in [2.45, 2.75) is 12.8 Å². The molecule has 0 spiro atoms. The third kappa shape index (κ3) is 3.27. The van der Waals surface area contributed by atoms with Crippen molar-refractivity contribution >= 4 is 10.0 Å². The number of rotatable bonds is 4. The molecule has 3 heterocycles. The maximum Gasteiger partial charge on any atom is 0.211 e. The van der Waals surface area contributed by atoms with E-state index in [0.717, 1.165) is 29.9 Å². The van der Waals surface area contributed by atoms with E-state index >= 15 is 0 Å². The van der Waals surface area contributed by atoms with Crippen LogP contribution in [-0.4, -0.2) is 52.2 Å². The number of nitrogens with one attached hydrogen (secondary N) is 1. The summed E-state index contributed by atoms with van der Waals surface area (Å²) in [5.41, 5.74) is 2.46. The summed E-state index contributed by atoms with van der Waals surface area (Å²) in [6.07, 6.45) is 7.96. The van der Waals surface area contributed by atoms with Gasteiger partial charge in [0.2, 0.25) is 10.0 Å². The first-order valence-corrected chi connectivity index (χ1v) is 8.63. The Labute approximate surface area is 123 Å². The predicted octanol–water partition coefficient (Wildman–Crippen LogP) is 0.691. The number of H-pyrrole nitrogens is 1. The molecule has 1 atom stereocenters. The quantitative estimate of drug-likeness (QED) is 0.897. The van der Waals surface area contributed by atoms with Gasteiger partial charge in [-0.3, -0.25) is 10.1 Å². The summed E-state index contributed by atoms with van der Waals surface area (Å²) in [5, 5.41) is 6.76. The summed E-state index contributed by atoms with van der Waals surface area (Å²) >= 11 is 0. The third-order valence-corrected chi connectivity index (χ3v) is 4.95. The minimum Gasteiger partial charge on any atom is -0.276 e. The molecule has 2 aromatic rings. The summed E-state index contributed by atoms with van der Waals surface area (Å²) in [7, 11) is -3.09. The van der Waals surface area contributed by atoms with E-state index in [4.69, 9.17) is 0 Å². The van der Waals surface area contributed by atoms with Crippen LogP contribution in [0.4, 0.5) is 0 Å². The van der Waals surface area contributed by atoms with Gasteiger partial charge in [0.1, 0.15) is 5.69 Å². The normalized spacial score (nSPS) is 20.0. The molecule has 7 nitrogen and oxygen atoms in total. The lowest BCUT2D eigenvalue weighted by molar-refractivity contribution is 0.459. The van der Waals surface area contributed by atoms with Gasteiger partial charge in [-0.05, 0) is 24.8 Å². The molecule has 1 saturated heterocycles. The maximum absolute atomic E-state index is 11.5. The Morgan fingerprint density at radius 2 is 2.29 bits per heavy atom. The number of hydrogen-bond acceptors (Lipinski definition) is 5. The first-order valence-electron chi connectivity index (χ1n) is 6.78. The van der Waals surface area contributed by atoms with Crippen LogP contribution >= 0.6 is 0 Å². The van der Waals surface area contributed by atoms with Crippen molar-refractivity contribution in [1.29, 1.82) is 0 Å². The Morgan fingerprint density at radius 1 is 1.43 bits per heavy atom. The lowest BCUT2D eigenvalue weighted by atomic mass is 10.0. The second-order valence-electron chi connectivity index (χ2n) is 5.35. The summed E-state index contributed by atoms with van der Waals surface area (Å²) in [4.78, 5) is 8.77. The van der Waals surface area contributed by atoms with Gasteiger partial charge < -0.3 is 0 Å². The average Bonchev–Trinajstić information content (AvgIpc) is 3.09. The monoisotopic (exact) mass is 307 g/mol. The number of hydrogen-bond donors (Lipinski definition) is 1. The van der Waals surface area contributed by atoms with Gasteiger partial charge in [0.15, 0.2) is 0 Å². The first-order chi connectivity index (χ1) is 10.0. The average molecular weight is 307 g/mol. The van der Waals surface area contributed by atoms with Crippen molar-refractivity contribution in [3.8, 4) is 11.4 Å². The molecule has 0 saturated carbocycles. The lowest BCUT2D eigenvalue weighted by Gasteiger charge is -2.13. The van der Waals surface area contributed by atoms with Crippen molar-refractivity contribution in [2.24, 2.45) is 5.92 Å². The Kier molecular flexibility index (Phi) is 3.73. The second-order valence-corrected chi connectivity index (χ2v) is 7.33. The van der Waals surface area contributed by atoms with Crippen LogP contribution < -0.4 is 0 Å². The molecule has 0 unspecified atom stereocenters. The fourth-order valence-corrected chi connectivity index (χ4v) is 3.51. The van der Waals surface area contributed by atoms with Crippen molar-refractivity contribution in [1.82, 2.24) is 24.5 Å². The van der Waals surface area contributed by atoms with Gasteiger partial charge in [-0.2, -0.15) is 5.10 Å². The molecular formula is C13H17N5O2S. The van der Waals surface area contributed by atoms with Gasteiger partial charge in [-0.1, -0.05) is 0 Å². The van der Waals surface area contributed by atoms with Crippen LogP contribution in [0.1, 0.15) is 12.1 Å². The molecule has 3 rings (SSSR count). The maximum atomic E-state index is 11.5. The van der Waals surface area contributed by atoms with Crippen LogP contribution in [0.3, 0.4) is 0 Å². The molecule has 1 aliphatic rings. The molecule has 112 valence electrons. The molecule has 2 aromatic heterocycles. The van der Waals surface area contributed by atoms with Crippen molar-refractivity contribution < 1.29 is 8.42 Å². The molecule has 0 aromatic carbocycles. The van der Waals surface area contributed by atoms with Gasteiger partial charge in [0.25, 0.3) is 0 Å². The summed E-state index contributed by atoms with van der Waals surface area (Å²) < 4.78 is 24.6. The van der Waals surface area contributed by atoms with E-state index in [1.54, 1.807) is 18.6 Å². The molecule has 0 amide bonds. The number of aromatic amines is 1. The van der Waals surface area contributed by atoms with Gasteiger partial charge in [0, 0.05) is 25.5 Å². The molecule has 0 radical (unpaired) electrons. The van der Waals surface area contributed by atoms with Crippen LogP contribution in [-0.2, 0) is 16.4 Å². The number of aromatic nitrogens is 4. The van der Waals surface area contributed by atoms with Crippen molar-refractivity contribution in [2.75, 3.05) is 19.3 Å². The molecule has 0 bridgehead atoms. The van der Waals surface area contributed by atoms with E-state index in [0.29, 0.717) is 19.0 Å². The highest BCUT2D eigenvalue weighted by Crippen LogP contribution is 2.22. The van der Waals surface area contributed by atoms with Gasteiger partial charge in [-0.15, -0.1) is 0 Å². The van der Waals surface area contributed by atoms with Crippen LogP contribution in [0.15, 0.2) is 24.7 Å². The topological polar surface area (TPSA) is 91.8 Å². The van der Waals surface area contributed by atoms with Crippen molar-refractivity contribution in [3.63, 3.8) is 0 Å². The Balaban J connectivity index is 1.71. The van der Waals surface area contributed by atoms with Crippen molar-refractivity contribution in [3.05, 3.63) is 30.4 Å². The van der Waals surface area contributed by atoms with Gasteiger partial charge in [0.05, 0.1) is 23.8 Å². The van der Waals surface area contributed by atoms with Crippen LogP contribution in [0, 0.1) is 5.92 Å². The summed E-state index contributed by atoms with van der Waals surface area (Å²) in [5.74, 6) is 0.297. The van der Waals surface area contributed by atoms with Gasteiger partial charge >= 0.3 is 0 Å². The highest BCUT2D eigenvalue weighted by molar-refractivity contribution is 7.88. The second kappa shape index (κ2) is 5.53. The van der Waals surface area contributed by atoms with Gasteiger partial charge in [-0.25, -0.2) is 17.7 Å². The summed E-state index contributed by atoms with van der Waals surface area (Å²) in [6, 6.07) is 1.84. The smallest absolute Gasteiger partial charge is 0.211 e. The molecular weight excluding hydrogens is 290 g/mol. The number of nitrogens with zero attached hydrogens (tertiary/aromatic N) is 4. The van der Waals surface area contributed by atoms with Crippen LogP contribution in [0.25, 0.3) is 11.4 Å². The minimum atomic E-state index is -3.09.